The van der Waals surface area contributed by atoms with Gasteiger partial charge >= 0.3 is 12.1 Å². The van der Waals surface area contributed by atoms with Crippen LogP contribution in [0.1, 0.15) is 10.4 Å². The molecule has 1 aliphatic rings. The summed E-state index contributed by atoms with van der Waals surface area (Å²) in [5.41, 5.74) is 0.932. The fraction of sp³-hybridized carbons (Fsp3) is 0.125. The van der Waals surface area contributed by atoms with Crippen LogP contribution >= 0.6 is 27.5 Å². The number of nitrogens with zero attached hydrogens (tertiary/aromatic N) is 1. The van der Waals surface area contributed by atoms with Gasteiger partial charge in [0.2, 0.25) is 0 Å². The third-order valence-corrected chi connectivity index (χ3v) is 4.11. The van der Waals surface area contributed by atoms with Crippen LogP contribution in [0.15, 0.2) is 46.9 Å². The van der Waals surface area contributed by atoms with Crippen LogP contribution in [0.2, 0.25) is 5.02 Å². The summed E-state index contributed by atoms with van der Waals surface area (Å²) in [4.78, 5) is 25.3. The third-order valence-electron chi connectivity index (χ3n) is 3.25. The first-order chi connectivity index (χ1) is 11.0. The second kappa shape index (κ2) is 6.60. The van der Waals surface area contributed by atoms with E-state index in [0.29, 0.717) is 39.6 Å². The highest BCUT2D eigenvalue weighted by Crippen LogP contribution is 2.29. The average molecular weight is 397 g/mol. The van der Waals surface area contributed by atoms with Gasteiger partial charge in [0.25, 0.3) is 0 Å². The number of esters is 1. The van der Waals surface area contributed by atoms with Gasteiger partial charge in [-0.05, 0) is 52.3 Å². The maximum Gasteiger partial charge on any atom is 0.414 e. The van der Waals surface area contributed by atoms with Gasteiger partial charge < -0.3 is 9.47 Å². The number of halogens is 2. The Morgan fingerprint density at radius 2 is 2.09 bits per heavy atom. The van der Waals surface area contributed by atoms with Gasteiger partial charge in [-0.3, -0.25) is 4.90 Å². The molecule has 5 nitrogen and oxygen atoms in total. The summed E-state index contributed by atoms with van der Waals surface area (Å²) in [6, 6.07) is 11.5. The predicted molar refractivity (Wildman–Crippen MR) is 89.2 cm³/mol. The molecule has 1 amide bonds. The normalized spacial score (nSPS) is 13.8. The number of hydrogen-bond acceptors (Lipinski definition) is 4. The van der Waals surface area contributed by atoms with E-state index >= 15 is 0 Å². The monoisotopic (exact) mass is 395 g/mol. The van der Waals surface area contributed by atoms with Crippen molar-refractivity contribution in [1.29, 1.82) is 0 Å². The Hall–Kier alpha value is -2.05. The summed E-state index contributed by atoms with van der Waals surface area (Å²) < 4.78 is 10.8. The summed E-state index contributed by atoms with van der Waals surface area (Å²) in [6.45, 7) is 0.797. The van der Waals surface area contributed by atoms with Gasteiger partial charge in [0.05, 0.1) is 16.6 Å². The van der Waals surface area contributed by atoms with Gasteiger partial charge in [-0.25, -0.2) is 9.59 Å². The lowest BCUT2D eigenvalue weighted by atomic mass is 10.2. The van der Waals surface area contributed by atoms with Crippen molar-refractivity contribution in [3.8, 4) is 5.75 Å². The van der Waals surface area contributed by atoms with Crippen molar-refractivity contribution in [1.82, 2.24) is 0 Å². The van der Waals surface area contributed by atoms with Crippen LogP contribution < -0.4 is 9.64 Å². The van der Waals surface area contributed by atoms with Crippen molar-refractivity contribution < 1.29 is 19.1 Å². The Bertz CT molecular complexity index is 780. The van der Waals surface area contributed by atoms with Crippen LogP contribution in [0.25, 0.3) is 0 Å². The summed E-state index contributed by atoms with van der Waals surface area (Å²) >= 11 is 9.15. The van der Waals surface area contributed by atoms with E-state index in [0.717, 1.165) is 0 Å². The molecule has 1 heterocycles. The van der Waals surface area contributed by atoms with Crippen molar-refractivity contribution in [3.63, 3.8) is 0 Å². The van der Waals surface area contributed by atoms with Gasteiger partial charge in [0.1, 0.15) is 12.4 Å². The Morgan fingerprint density at radius 1 is 1.26 bits per heavy atom. The summed E-state index contributed by atoms with van der Waals surface area (Å²) in [5.74, 6) is -0.159. The minimum Gasteiger partial charge on any atom is -0.447 e. The number of benzene rings is 2. The van der Waals surface area contributed by atoms with Crippen LogP contribution in [0.3, 0.4) is 0 Å². The molecule has 2 aromatic carbocycles. The first-order valence-electron chi connectivity index (χ1n) is 6.76. The maximum atomic E-state index is 12.3. The van der Waals surface area contributed by atoms with Gasteiger partial charge in [0.15, 0.2) is 0 Å². The SMILES string of the molecule is O=C(Oc1ccc(Cl)cc1Br)c1cccc(N2CCOC2=O)c1. The molecule has 0 saturated carbocycles. The van der Waals surface area contributed by atoms with Crippen molar-refractivity contribution in [2.24, 2.45) is 0 Å². The second-order valence-corrected chi connectivity index (χ2v) is 6.07. The average Bonchev–Trinajstić information content (AvgIpc) is 2.96. The fourth-order valence-electron chi connectivity index (χ4n) is 2.15. The lowest BCUT2D eigenvalue weighted by molar-refractivity contribution is 0.0733. The van der Waals surface area contributed by atoms with Crippen LogP contribution in [0, 0.1) is 0 Å². The van der Waals surface area contributed by atoms with Crippen molar-refractivity contribution in [2.45, 2.75) is 0 Å². The molecule has 2 aromatic rings. The number of hydrogen-bond donors (Lipinski definition) is 0. The van der Waals surface area contributed by atoms with Crippen LogP contribution in [0.4, 0.5) is 10.5 Å². The van der Waals surface area contributed by atoms with E-state index in [-0.39, 0.29) is 0 Å². The van der Waals surface area contributed by atoms with E-state index in [1.165, 1.54) is 4.90 Å². The Morgan fingerprint density at radius 3 is 2.78 bits per heavy atom. The lowest BCUT2D eigenvalue weighted by Crippen LogP contribution is -2.23. The largest absolute Gasteiger partial charge is 0.447 e. The standard InChI is InChI=1S/C16H11BrClNO4/c17-13-9-11(18)4-5-14(13)23-15(20)10-2-1-3-12(8-10)19-6-7-22-16(19)21/h1-5,8-9H,6-7H2. The molecule has 0 radical (unpaired) electrons. The van der Waals surface area contributed by atoms with E-state index in [1.54, 1.807) is 42.5 Å². The summed E-state index contributed by atoms with van der Waals surface area (Å²) in [5, 5.41) is 0.534. The van der Waals surface area contributed by atoms with E-state index in [9.17, 15) is 9.59 Å². The van der Waals surface area contributed by atoms with Crippen LogP contribution in [0.5, 0.6) is 5.75 Å². The molecular weight excluding hydrogens is 386 g/mol. The van der Waals surface area contributed by atoms with Crippen molar-refractivity contribution in [2.75, 3.05) is 18.1 Å². The number of anilines is 1. The predicted octanol–water partition coefficient (Wildman–Crippen LogP) is 4.28. The zero-order valence-electron chi connectivity index (χ0n) is 11.8. The fourth-order valence-corrected chi connectivity index (χ4v) is 2.91. The molecule has 118 valence electrons. The molecule has 0 N–H and O–H groups in total. The number of amides is 1. The number of carbonyl (C=O) groups is 2. The topological polar surface area (TPSA) is 55.8 Å². The van der Waals surface area contributed by atoms with Gasteiger partial charge in [-0.2, -0.15) is 0 Å². The molecule has 1 fully saturated rings. The molecule has 0 aromatic heterocycles. The molecule has 23 heavy (non-hydrogen) atoms. The van der Waals surface area contributed by atoms with Gasteiger partial charge in [-0.1, -0.05) is 17.7 Å². The Kier molecular flexibility index (Phi) is 4.54. The second-order valence-electron chi connectivity index (χ2n) is 4.78. The number of ether oxygens (including phenoxy) is 2. The lowest BCUT2D eigenvalue weighted by Gasteiger charge is -2.13. The molecule has 0 atom stereocenters. The summed E-state index contributed by atoms with van der Waals surface area (Å²) in [6.07, 6.45) is -0.420. The maximum absolute atomic E-state index is 12.3. The third kappa shape index (κ3) is 3.48. The highest BCUT2D eigenvalue weighted by atomic mass is 79.9. The Balaban J connectivity index is 1.81. The van der Waals surface area contributed by atoms with E-state index in [2.05, 4.69) is 15.9 Å². The minimum absolute atomic E-state index is 0.337. The minimum atomic E-state index is -0.526. The van der Waals surface area contributed by atoms with Crippen molar-refractivity contribution in [3.05, 3.63) is 57.5 Å². The number of rotatable bonds is 3. The molecule has 0 unspecified atom stereocenters. The van der Waals surface area contributed by atoms with E-state index in [1.807, 2.05) is 0 Å². The molecule has 0 aliphatic carbocycles. The van der Waals surface area contributed by atoms with Gasteiger partial charge in [0, 0.05) is 10.7 Å². The molecule has 0 bridgehead atoms. The zero-order valence-corrected chi connectivity index (χ0v) is 14.1. The van der Waals surface area contributed by atoms with Gasteiger partial charge in [-0.15, -0.1) is 0 Å². The molecule has 3 rings (SSSR count). The van der Waals surface area contributed by atoms with Crippen LogP contribution in [-0.2, 0) is 4.74 Å². The molecular formula is C16H11BrClNO4. The summed E-state index contributed by atoms with van der Waals surface area (Å²) in [7, 11) is 0. The Labute approximate surface area is 145 Å². The van der Waals surface area contributed by atoms with Crippen LogP contribution in [-0.4, -0.2) is 25.2 Å². The molecule has 1 aliphatic heterocycles. The quantitative estimate of drug-likeness (QED) is 0.574. The zero-order chi connectivity index (χ0) is 16.4. The molecule has 1 saturated heterocycles. The number of cyclic esters (lactones) is 1. The van der Waals surface area contributed by atoms with Crippen molar-refractivity contribution >= 4 is 45.3 Å². The molecule has 0 spiro atoms. The first-order valence-corrected chi connectivity index (χ1v) is 7.93. The highest BCUT2D eigenvalue weighted by molar-refractivity contribution is 9.10. The highest BCUT2D eigenvalue weighted by Gasteiger charge is 2.24. The number of carbonyl (C=O) groups excluding carboxylic acids is 2. The van der Waals surface area contributed by atoms with E-state index in [4.69, 9.17) is 21.1 Å². The molecule has 7 heteroatoms. The first kappa shape index (κ1) is 15.8. The van der Waals surface area contributed by atoms with E-state index < -0.39 is 12.1 Å². The smallest absolute Gasteiger partial charge is 0.414 e.